The Bertz CT molecular complexity index is 1110. The first kappa shape index (κ1) is 26.0. The highest BCUT2D eigenvalue weighted by Crippen LogP contribution is 2.46. The highest BCUT2D eigenvalue weighted by atomic mass is 19.4. The van der Waals surface area contributed by atoms with Crippen LogP contribution < -0.4 is 24.8 Å². The maximum absolute atomic E-state index is 12.8. The Morgan fingerprint density at radius 1 is 0.971 bits per heavy atom. The van der Waals surface area contributed by atoms with Gasteiger partial charge in [0.25, 0.3) is 11.6 Å². The predicted molar refractivity (Wildman–Crippen MR) is 112 cm³/mol. The lowest BCUT2D eigenvalue weighted by molar-refractivity contribution is -0.386. The minimum absolute atomic E-state index is 0.00592. The number of alkyl halides is 3. The highest BCUT2D eigenvalue weighted by Gasteiger charge is 2.34. The van der Waals surface area contributed by atoms with E-state index in [0.717, 1.165) is 19.2 Å². The van der Waals surface area contributed by atoms with E-state index in [4.69, 9.17) is 14.2 Å². The van der Waals surface area contributed by atoms with Gasteiger partial charge in [-0.3, -0.25) is 25.0 Å². The lowest BCUT2D eigenvalue weighted by Gasteiger charge is -2.15. The van der Waals surface area contributed by atoms with E-state index in [-0.39, 0.29) is 36.0 Å². The van der Waals surface area contributed by atoms with Crippen molar-refractivity contribution in [2.45, 2.75) is 6.18 Å². The second-order valence-electron chi connectivity index (χ2n) is 6.47. The average molecular weight is 488 g/mol. The molecule has 184 valence electrons. The van der Waals surface area contributed by atoms with Gasteiger partial charge in [0.1, 0.15) is 11.3 Å². The van der Waals surface area contributed by atoms with Crippen LogP contribution >= 0.6 is 0 Å². The summed E-state index contributed by atoms with van der Waals surface area (Å²) in [5, 5.41) is 27.6. The molecule has 0 aliphatic heterocycles. The topological polar surface area (TPSA) is 155 Å². The number of hydrogen-bond acceptors (Lipinski definition) is 9. The summed E-state index contributed by atoms with van der Waals surface area (Å²) in [5.41, 5.74) is -3.27. The van der Waals surface area contributed by atoms with Crippen molar-refractivity contribution in [3.63, 3.8) is 0 Å². The molecule has 2 N–H and O–H groups in total. The zero-order chi connectivity index (χ0) is 25.6. The molecule has 34 heavy (non-hydrogen) atoms. The molecule has 0 atom stereocenters. The van der Waals surface area contributed by atoms with Crippen molar-refractivity contribution in [2.24, 2.45) is 0 Å². The largest absolute Gasteiger partial charge is 0.493 e. The van der Waals surface area contributed by atoms with E-state index in [2.05, 4.69) is 10.6 Å². The van der Waals surface area contributed by atoms with Gasteiger partial charge < -0.3 is 24.8 Å². The molecule has 0 heterocycles. The zero-order valence-corrected chi connectivity index (χ0v) is 18.0. The lowest BCUT2D eigenvalue weighted by Crippen LogP contribution is -2.29. The molecular weight excluding hydrogens is 469 g/mol. The maximum Gasteiger partial charge on any atom is 0.416 e. The Morgan fingerprint density at radius 3 is 2.12 bits per heavy atom. The van der Waals surface area contributed by atoms with E-state index in [9.17, 15) is 38.2 Å². The first-order chi connectivity index (χ1) is 16.0. The molecule has 0 radical (unpaired) electrons. The summed E-state index contributed by atoms with van der Waals surface area (Å²) in [6.45, 7) is -0.332. The molecule has 0 aliphatic rings. The molecule has 15 heteroatoms. The van der Waals surface area contributed by atoms with Crippen LogP contribution in [-0.2, 0) is 6.18 Å². The number of amides is 1. The fourth-order valence-electron chi connectivity index (χ4n) is 2.97. The Hall–Kier alpha value is -4.30. The number of carbonyl (C=O) groups excluding carboxylic acids is 1. The Labute approximate surface area is 189 Å². The van der Waals surface area contributed by atoms with Gasteiger partial charge in [-0.2, -0.15) is 13.2 Å². The second-order valence-corrected chi connectivity index (χ2v) is 6.47. The third-order valence-electron chi connectivity index (χ3n) is 4.48. The van der Waals surface area contributed by atoms with Crippen LogP contribution in [0.1, 0.15) is 15.9 Å². The Kier molecular flexibility index (Phi) is 8.05. The molecule has 0 aromatic heterocycles. The fourth-order valence-corrected chi connectivity index (χ4v) is 2.97. The summed E-state index contributed by atoms with van der Waals surface area (Å²) < 4.78 is 53.6. The third-order valence-corrected chi connectivity index (χ3v) is 4.48. The molecular formula is C19H19F3N4O8. The van der Waals surface area contributed by atoms with Crippen molar-refractivity contribution >= 4 is 23.0 Å². The average Bonchev–Trinajstić information content (AvgIpc) is 2.78. The van der Waals surface area contributed by atoms with E-state index in [1.807, 2.05) is 0 Å². The van der Waals surface area contributed by atoms with E-state index in [1.54, 1.807) is 0 Å². The van der Waals surface area contributed by atoms with Crippen LogP contribution in [0.15, 0.2) is 24.3 Å². The standard InChI is InChI=1S/C19H19F3N4O8/c1-32-14-9-11(15(26(30)31)17(34-3)16(14)33-2)18(27)24-7-6-23-12-5-4-10(19(20,21)22)8-13(12)25(28)29/h4-5,8-9,23H,6-7H2,1-3H3,(H,24,27). The number of nitro benzene ring substituents is 2. The summed E-state index contributed by atoms with van der Waals surface area (Å²) in [4.78, 5) is 33.5. The van der Waals surface area contributed by atoms with E-state index in [0.29, 0.717) is 12.1 Å². The van der Waals surface area contributed by atoms with Gasteiger partial charge in [0.2, 0.25) is 11.5 Å². The number of methoxy groups -OCH3 is 3. The second kappa shape index (κ2) is 10.5. The first-order valence-corrected chi connectivity index (χ1v) is 9.31. The number of rotatable bonds is 10. The molecule has 0 fully saturated rings. The van der Waals surface area contributed by atoms with Crippen LogP contribution in [0.25, 0.3) is 0 Å². The van der Waals surface area contributed by atoms with Crippen LogP contribution in [0.3, 0.4) is 0 Å². The Morgan fingerprint density at radius 2 is 1.62 bits per heavy atom. The third kappa shape index (κ3) is 5.54. The van der Waals surface area contributed by atoms with Gasteiger partial charge in [-0.25, -0.2) is 0 Å². The smallest absolute Gasteiger partial charge is 0.416 e. The van der Waals surface area contributed by atoms with Gasteiger partial charge in [-0.05, 0) is 12.1 Å². The maximum atomic E-state index is 12.8. The minimum Gasteiger partial charge on any atom is -0.493 e. The molecule has 2 aromatic rings. The van der Waals surface area contributed by atoms with Crippen molar-refractivity contribution in [1.29, 1.82) is 0 Å². The van der Waals surface area contributed by atoms with Crippen molar-refractivity contribution in [1.82, 2.24) is 5.32 Å². The van der Waals surface area contributed by atoms with Crippen molar-refractivity contribution in [2.75, 3.05) is 39.7 Å². The van der Waals surface area contributed by atoms with Crippen LogP contribution in [0.2, 0.25) is 0 Å². The zero-order valence-electron chi connectivity index (χ0n) is 18.0. The SMILES string of the molecule is COc1cc(C(=O)NCCNc2ccc(C(F)(F)F)cc2[N+](=O)[O-])c([N+](=O)[O-])c(OC)c1OC. The number of ether oxygens (including phenoxy) is 3. The fraction of sp³-hybridized carbons (Fsp3) is 0.316. The predicted octanol–water partition coefficient (Wildman–Crippen LogP) is 3.39. The summed E-state index contributed by atoms with van der Waals surface area (Å²) >= 11 is 0. The quantitative estimate of drug-likeness (QED) is 0.291. The summed E-state index contributed by atoms with van der Waals surface area (Å²) in [5.74, 6) is -1.33. The number of benzene rings is 2. The normalized spacial score (nSPS) is 10.9. The molecule has 1 amide bonds. The molecule has 0 aliphatic carbocycles. The van der Waals surface area contributed by atoms with Gasteiger partial charge in [0, 0.05) is 25.2 Å². The molecule has 2 rings (SSSR count). The van der Waals surface area contributed by atoms with Gasteiger partial charge in [-0.1, -0.05) is 0 Å². The molecule has 0 unspecified atom stereocenters. The number of carbonyl (C=O) groups is 1. The lowest BCUT2D eigenvalue weighted by atomic mass is 10.1. The molecule has 0 bridgehead atoms. The van der Waals surface area contributed by atoms with Crippen molar-refractivity contribution in [3.05, 3.63) is 55.6 Å². The van der Waals surface area contributed by atoms with E-state index < -0.39 is 44.4 Å². The number of nitrogens with one attached hydrogen (secondary N) is 2. The van der Waals surface area contributed by atoms with E-state index >= 15 is 0 Å². The van der Waals surface area contributed by atoms with Gasteiger partial charge >= 0.3 is 11.9 Å². The monoisotopic (exact) mass is 488 g/mol. The Balaban J connectivity index is 2.20. The number of halogens is 3. The van der Waals surface area contributed by atoms with Gasteiger partial charge in [0.05, 0.1) is 36.7 Å². The van der Waals surface area contributed by atoms with E-state index in [1.165, 1.54) is 14.2 Å². The number of nitrogens with zero attached hydrogens (tertiary/aromatic N) is 2. The van der Waals surface area contributed by atoms with Crippen molar-refractivity contribution in [3.8, 4) is 17.2 Å². The van der Waals surface area contributed by atoms with Crippen LogP contribution in [0.5, 0.6) is 17.2 Å². The first-order valence-electron chi connectivity index (χ1n) is 9.31. The number of anilines is 1. The van der Waals surface area contributed by atoms with Crippen LogP contribution in [0, 0.1) is 20.2 Å². The van der Waals surface area contributed by atoms with Crippen LogP contribution in [-0.4, -0.2) is 50.2 Å². The highest BCUT2D eigenvalue weighted by molar-refractivity contribution is 6.00. The molecule has 2 aromatic carbocycles. The van der Waals surface area contributed by atoms with Crippen molar-refractivity contribution < 1.29 is 42.0 Å². The molecule has 12 nitrogen and oxygen atoms in total. The van der Waals surface area contributed by atoms with Gasteiger partial charge in [-0.15, -0.1) is 0 Å². The molecule has 0 spiro atoms. The molecule has 0 saturated carbocycles. The van der Waals surface area contributed by atoms with Crippen LogP contribution in [0.4, 0.5) is 30.2 Å². The number of hydrogen-bond donors (Lipinski definition) is 2. The minimum atomic E-state index is -4.76. The summed E-state index contributed by atoms with van der Waals surface area (Å²) in [6, 6.07) is 3.04. The van der Waals surface area contributed by atoms with Gasteiger partial charge in [0.15, 0.2) is 5.75 Å². The summed E-state index contributed by atoms with van der Waals surface area (Å²) in [6.07, 6.45) is -4.76. The number of nitro groups is 2. The molecule has 0 saturated heterocycles. The summed E-state index contributed by atoms with van der Waals surface area (Å²) in [7, 11) is 3.63.